The number of hydrogen-bond acceptors (Lipinski definition) is 3. The van der Waals surface area contributed by atoms with Gasteiger partial charge in [0.25, 0.3) is 5.91 Å². The largest absolute Gasteiger partial charge is 0.350 e. The topological polar surface area (TPSA) is 72.9 Å². The highest BCUT2D eigenvalue weighted by molar-refractivity contribution is 5.92. The van der Waals surface area contributed by atoms with E-state index in [-0.39, 0.29) is 5.91 Å². The molecule has 3 N–H and O–H groups in total. The number of hydrogen-bond donors (Lipinski definition) is 2. The monoisotopic (exact) mass is 236 g/mol. The van der Waals surface area contributed by atoms with Crippen molar-refractivity contribution in [1.29, 1.82) is 0 Å². The Bertz CT molecular complexity index is 388. The molecule has 0 spiro atoms. The van der Waals surface area contributed by atoms with Gasteiger partial charge in [0.15, 0.2) is 0 Å². The predicted octanol–water partition coefficient (Wildman–Crippen LogP) is 0.525. The van der Waals surface area contributed by atoms with Gasteiger partial charge < -0.3 is 11.1 Å². The third-order valence-electron chi connectivity index (χ3n) is 3.70. The molecule has 2 atom stereocenters. The fourth-order valence-corrected chi connectivity index (χ4v) is 2.60. The molecule has 0 aromatic carbocycles. The van der Waals surface area contributed by atoms with Crippen molar-refractivity contribution in [2.24, 2.45) is 24.6 Å². The molecule has 0 aliphatic heterocycles. The number of nitrogens with one attached hydrogen (secondary N) is 1. The van der Waals surface area contributed by atoms with Crippen molar-refractivity contribution in [3.8, 4) is 0 Å². The summed E-state index contributed by atoms with van der Waals surface area (Å²) in [5, 5.41) is 6.96. The lowest BCUT2D eigenvalue weighted by Crippen LogP contribution is -2.33. The maximum atomic E-state index is 11.9. The van der Waals surface area contributed by atoms with E-state index in [1.165, 1.54) is 19.3 Å². The van der Waals surface area contributed by atoms with Crippen LogP contribution < -0.4 is 11.1 Å². The molecular weight excluding hydrogens is 216 g/mol. The molecule has 1 heterocycles. The molecule has 2 unspecified atom stereocenters. The van der Waals surface area contributed by atoms with Crippen LogP contribution in [0, 0.1) is 11.8 Å². The Labute approximate surface area is 101 Å². The molecule has 1 fully saturated rings. The van der Waals surface area contributed by atoms with E-state index in [2.05, 4.69) is 10.4 Å². The summed E-state index contributed by atoms with van der Waals surface area (Å²) in [5.41, 5.74) is 6.33. The van der Waals surface area contributed by atoms with Gasteiger partial charge in [-0.25, -0.2) is 0 Å². The predicted molar refractivity (Wildman–Crippen MR) is 65.4 cm³/mol. The van der Waals surface area contributed by atoms with E-state index >= 15 is 0 Å². The molecule has 1 aromatic heterocycles. The molecule has 17 heavy (non-hydrogen) atoms. The molecule has 5 heteroatoms. The van der Waals surface area contributed by atoms with Crippen LogP contribution >= 0.6 is 0 Å². The number of rotatable bonds is 4. The highest BCUT2D eigenvalue weighted by atomic mass is 16.2. The number of nitrogens with two attached hydrogens (primary N) is 1. The van der Waals surface area contributed by atoms with Crippen LogP contribution in [-0.4, -0.2) is 28.8 Å². The van der Waals surface area contributed by atoms with E-state index in [1.54, 1.807) is 24.0 Å². The summed E-state index contributed by atoms with van der Waals surface area (Å²) >= 11 is 0. The van der Waals surface area contributed by atoms with Crippen molar-refractivity contribution in [3.05, 3.63) is 18.0 Å². The Morgan fingerprint density at radius 2 is 2.35 bits per heavy atom. The second kappa shape index (κ2) is 5.31. The van der Waals surface area contributed by atoms with Crippen LogP contribution in [0.5, 0.6) is 0 Å². The molecule has 2 rings (SSSR count). The Morgan fingerprint density at radius 1 is 1.59 bits per heavy atom. The van der Waals surface area contributed by atoms with E-state index < -0.39 is 0 Å². The summed E-state index contributed by atoms with van der Waals surface area (Å²) in [7, 11) is 1.77. The normalized spacial score (nSPS) is 23.9. The van der Waals surface area contributed by atoms with E-state index in [9.17, 15) is 4.79 Å². The zero-order chi connectivity index (χ0) is 12.3. The highest BCUT2D eigenvalue weighted by Gasteiger charge is 2.26. The van der Waals surface area contributed by atoms with Crippen molar-refractivity contribution in [3.63, 3.8) is 0 Å². The molecule has 1 saturated carbocycles. The van der Waals surface area contributed by atoms with Gasteiger partial charge in [-0.1, -0.05) is 6.42 Å². The Kier molecular flexibility index (Phi) is 3.78. The zero-order valence-corrected chi connectivity index (χ0v) is 10.2. The number of aryl methyl sites for hydroxylation is 1. The lowest BCUT2D eigenvalue weighted by atomic mass is 9.96. The molecular formula is C12H20N4O. The molecule has 0 bridgehead atoms. The third kappa shape index (κ3) is 2.66. The summed E-state index contributed by atoms with van der Waals surface area (Å²) in [5.74, 6) is 1.06. The molecule has 0 radical (unpaired) electrons. The van der Waals surface area contributed by atoms with Gasteiger partial charge in [0.05, 0.1) is 0 Å². The molecule has 1 aliphatic carbocycles. The van der Waals surface area contributed by atoms with Crippen molar-refractivity contribution < 1.29 is 4.79 Å². The van der Waals surface area contributed by atoms with Crippen LogP contribution in [0.25, 0.3) is 0 Å². The Morgan fingerprint density at radius 3 is 3.00 bits per heavy atom. The van der Waals surface area contributed by atoms with E-state index in [1.807, 2.05) is 0 Å². The van der Waals surface area contributed by atoms with Crippen molar-refractivity contribution >= 4 is 5.91 Å². The summed E-state index contributed by atoms with van der Waals surface area (Å²) in [6.07, 6.45) is 5.23. The van der Waals surface area contributed by atoms with E-state index in [0.29, 0.717) is 17.5 Å². The van der Waals surface area contributed by atoms with Crippen molar-refractivity contribution in [2.45, 2.75) is 19.3 Å². The number of amides is 1. The van der Waals surface area contributed by atoms with Crippen LogP contribution in [0.15, 0.2) is 12.3 Å². The lowest BCUT2D eigenvalue weighted by Gasteiger charge is -2.18. The van der Waals surface area contributed by atoms with Crippen LogP contribution in [0.1, 0.15) is 29.8 Å². The smallest absolute Gasteiger partial charge is 0.269 e. The Balaban J connectivity index is 1.86. The first-order valence-corrected chi connectivity index (χ1v) is 6.18. The van der Waals surface area contributed by atoms with Gasteiger partial charge in [-0.15, -0.1) is 0 Å². The van der Waals surface area contributed by atoms with Gasteiger partial charge in [-0.2, -0.15) is 5.10 Å². The van der Waals surface area contributed by atoms with Gasteiger partial charge in [-0.3, -0.25) is 9.48 Å². The fourth-order valence-electron chi connectivity index (χ4n) is 2.60. The number of aromatic nitrogens is 2. The first kappa shape index (κ1) is 12.1. The summed E-state index contributed by atoms with van der Waals surface area (Å²) in [4.78, 5) is 11.9. The van der Waals surface area contributed by atoms with Crippen molar-refractivity contribution in [2.75, 3.05) is 13.1 Å². The molecule has 1 amide bonds. The second-order valence-electron chi connectivity index (χ2n) is 4.74. The van der Waals surface area contributed by atoms with Crippen LogP contribution in [0.3, 0.4) is 0 Å². The van der Waals surface area contributed by atoms with Gasteiger partial charge in [-0.05, 0) is 37.3 Å². The minimum absolute atomic E-state index is 0.0485. The van der Waals surface area contributed by atoms with Gasteiger partial charge >= 0.3 is 0 Å². The van der Waals surface area contributed by atoms with Gasteiger partial charge in [0.2, 0.25) is 0 Å². The maximum Gasteiger partial charge on any atom is 0.269 e. The summed E-state index contributed by atoms with van der Waals surface area (Å²) < 4.78 is 1.59. The minimum atomic E-state index is -0.0485. The Hall–Kier alpha value is -1.36. The number of carbonyl (C=O) groups is 1. The summed E-state index contributed by atoms with van der Waals surface area (Å²) in [6, 6.07) is 1.73. The van der Waals surface area contributed by atoms with E-state index in [0.717, 1.165) is 13.1 Å². The molecule has 0 saturated heterocycles. The lowest BCUT2D eigenvalue weighted by molar-refractivity contribution is 0.0934. The standard InChI is InChI=1S/C12H20N4O/c1-16-11(5-6-15-16)12(17)14-8-10-4-2-3-9(10)7-13/h5-6,9-10H,2-4,7-8,13H2,1H3,(H,14,17). The quantitative estimate of drug-likeness (QED) is 0.800. The number of carbonyl (C=O) groups excluding carboxylic acids is 1. The zero-order valence-electron chi connectivity index (χ0n) is 10.2. The average molecular weight is 236 g/mol. The number of nitrogens with zero attached hydrogens (tertiary/aromatic N) is 2. The average Bonchev–Trinajstić information content (AvgIpc) is 2.94. The van der Waals surface area contributed by atoms with Crippen LogP contribution in [0.2, 0.25) is 0 Å². The summed E-state index contributed by atoms with van der Waals surface area (Å²) in [6.45, 7) is 1.46. The first-order valence-electron chi connectivity index (χ1n) is 6.18. The van der Waals surface area contributed by atoms with Crippen LogP contribution in [0.4, 0.5) is 0 Å². The molecule has 1 aromatic rings. The fraction of sp³-hybridized carbons (Fsp3) is 0.667. The highest BCUT2D eigenvalue weighted by Crippen LogP contribution is 2.30. The molecule has 5 nitrogen and oxygen atoms in total. The van der Waals surface area contributed by atoms with Crippen LogP contribution in [-0.2, 0) is 7.05 Å². The first-order chi connectivity index (χ1) is 8.22. The van der Waals surface area contributed by atoms with Crippen molar-refractivity contribution in [1.82, 2.24) is 15.1 Å². The molecule has 1 aliphatic rings. The molecule has 94 valence electrons. The van der Waals surface area contributed by atoms with Gasteiger partial charge in [0.1, 0.15) is 5.69 Å². The minimum Gasteiger partial charge on any atom is -0.350 e. The third-order valence-corrected chi connectivity index (χ3v) is 3.70. The maximum absolute atomic E-state index is 11.9. The van der Waals surface area contributed by atoms with E-state index in [4.69, 9.17) is 5.73 Å². The second-order valence-corrected chi connectivity index (χ2v) is 4.74. The SMILES string of the molecule is Cn1nccc1C(=O)NCC1CCCC1CN. The van der Waals surface area contributed by atoms with Gasteiger partial charge in [0, 0.05) is 19.8 Å².